The third-order valence-electron chi connectivity index (χ3n) is 4.32. The van der Waals surface area contributed by atoms with Crippen molar-refractivity contribution >= 4 is 11.4 Å². The molecule has 1 aliphatic rings. The first-order valence-electron chi connectivity index (χ1n) is 7.33. The third-order valence-corrected chi connectivity index (χ3v) is 4.32. The van der Waals surface area contributed by atoms with Crippen LogP contribution in [-0.2, 0) is 0 Å². The maximum absolute atomic E-state index is 13.0. The van der Waals surface area contributed by atoms with Gasteiger partial charge < -0.3 is 4.90 Å². The SMILES string of the molecule is CN(c1ccc(F)cc1)c1ccc(C2CCCC2)cc1. The van der Waals surface area contributed by atoms with E-state index in [0.29, 0.717) is 0 Å². The molecular weight excluding hydrogens is 249 g/mol. The minimum Gasteiger partial charge on any atom is -0.345 e. The lowest BCUT2D eigenvalue weighted by molar-refractivity contribution is 0.628. The van der Waals surface area contributed by atoms with Gasteiger partial charge >= 0.3 is 0 Å². The molecule has 0 atom stereocenters. The summed E-state index contributed by atoms with van der Waals surface area (Å²) in [7, 11) is 2.01. The summed E-state index contributed by atoms with van der Waals surface area (Å²) in [5.74, 6) is 0.555. The number of rotatable bonds is 3. The Balaban J connectivity index is 1.78. The van der Waals surface area contributed by atoms with E-state index in [1.165, 1.54) is 43.4 Å². The smallest absolute Gasteiger partial charge is 0.123 e. The van der Waals surface area contributed by atoms with Gasteiger partial charge in [0.1, 0.15) is 5.82 Å². The molecule has 0 aromatic heterocycles. The van der Waals surface area contributed by atoms with E-state index in [2.05, 4.69) is 29.2 Å². The molecule has 0 aliphatic heterocycles. The van der Waals surface area contributed by atoms with Gasteiger partial charge in [0.05, 0.1) is 0 Å². The van der Waals surface area contributed by atoms with Crippen LogP contribution >= 0.6 is 0 Å². The summed E-state index contributed by atoms with van der Waals surface area (Å²) in [5.41, 5.74) is 3.59. The fraction of sp³-hybridized carbons (Fsp3) is 0.333. The summed E-state index contributed by atoms with van der Waals surface area (Å²) in [6, 6.07) is 15.4. The number of hydrogen-bond acceptors (Lipinski definition) is 1. The van der Waals surface area contributed by atoms with Crippen LogP contribution in [0.1, 0.15) is 37.2 Å². The molecule has 0 unspecified atom stereocenters. The van der Waals surface area contributed by atoms with Crippen molar-refractivity contribution in [2.75, 3.05) is 11.9 Å². The standard InChI is InChI=1S/C18H20FN/c1-20(18-12-8-16(19)9-13-18)17-10-6-15(7-11-17)14-4-2-3-5-14/h6-14H,2-5H2,1H3. The molecule has 1 fully saturated rings. The fourth-order valence-electron chi connectivity index (χ4n) is 3.04. The van der Waals surface area contributed by atoms with Crippen molar-refractivity contribution in [3.05, 3.63) is 59.9 Å². The minimum absolute atomic E-state index is 0.196. The second-order valence-electron chi connectivity index (χ2n) is 5.61. The van der Waals surface area contributed by atoms with E-state index in [-0.39, 0.29) is 5.82 Å². The van der Waals surface area contributed by atoms with Gasteiger partial charge in [-0.05, 0) is 60.7 Å². The van der Waals surface area contributed by atoms with Gasteiger partial charge in [0.15, 0.2) is 0 Å². The highest BCUT2D eigenvalue weighted by molar-refractivity contribution is 5.62. The molecule has 20 heavy (non-hydrogen) atoms. The van der Waals surface area contributed by atoms with Gasteiger partial charge in [-0.15, -0.1) is 0 Å². The largest absolute Gasteiger partial charge is 0.345 e. The molecule has 1 nitrogen and oxygen atoms in total. The molecule has 0 amide bonds. The zero-order valence-electron chi connectivity index (χ0n) is 11.8. The summed E-state index contributed by atoms with van der Waals surface area (Å²) in [4.78, 5) is 2.08. The van der Waals surface area contributed by atoms with Crippen molar-refractivity contribution in [3.8, 4) is 0 Å². The first-order chi connectivity index (χ1) is 9.74. The zero-order valence-corrected chi connectivity index (χ0v) is 11.8. The highest BCUT2D eigenvalue weighted by Crippen LogP contribution is 2.35. The first kappa shape index (κ1) is 13.2. The van der Waals surface area contributed by atoms with E-state index in [4.69, 9.17) is 0 Å². The lowest BCUT2D eigenvalue weighted by Crippen LogP contribution is -2.09. The van der Waals surface area contributed by atoms with Gasteiger partial charge in [0.2, 0.25) is 0 Å². The van der Waals surface area contributed by atoms with E-state index in [0.717, 1.165) is 17.3 Å². The number of benzene rings is 2. The van der Waals surface area contributed by atoms with Crippen LogP contribution in [0.3, 0.4) is 0 Å². The predicted octanol–water partition coefficient (Wildman–Crippen LogP) is 5.25. The van der Waals surface area contributed by atoms with Crippen LogP contribution < -0.4 is 4.90 Å². The molecule has 0 radical (unpaired) electrons. The van der Waals surface area contributed by atoms with E-state index < -0.39 is 0 Å². The average Bonchev–Trinajstić information content (AvgIpc) is 3.02. The number of anilines is 2. The normalized spacial score (nSPS) is 15.5. The molecule has 1 aliphatic carbocycles. The monoisotopic (exact) mass is 269 g/mol. The van der Waals surface area contributed by atoms with Crippen LogP contribution in [0.4, 0.5) is 15.8 Å². The maximum atomic E-state index is 13.0. The highest BCUT2D eigenvalue weighted by Gasteiger charge is 2.16. The molecule has 2 aromatic rings. The van der Waals surface area contributed by atoms with Crippen molar-refractivity contribution in [2.24, 2.45) is 0 Å². The molecular formula is C18H20FN. The second-order valence-corrected chi connectivity index (χ2v) is 5.61. The van der Waals surface area contributed by atoms with E-state index in [1.807, 2.05) is 7.05 Å². The summed E-state index contributed by atoms with van der Waals surface area (Å²) in [6.45, 7) is 0. The Kier molecular flexibility index (Phi) is 3.72. The average molecular weight is 269 g/mol. The maximum Gasteiger partial charge on any atom is 0.123 e. The number of halogens is 1. The predicted molar refractivity (Wildman–Crippen MR) is 82.1 cm³/mol. The minimum atomic E-state index is -0.196. The van der Waals surface area contributed by atoms with E-state index in [1.54, 1.807) is 12.1 Å². The van der Waals surface area contributed by atoms with Crippen LogP contribution in [0, 0.1) is 5.82 Å². The quantitative estimate of drug-likeness (QED) is 0.735. The summed E-state index contributed by atoms with van der Waals surface area (Å²) in [6.07, 6.45) is 5.38. The molecule has 3 rings (SSSR count). The molecule has 0 heterocycles. The van der Waals surface area contributed by atoms with Gasteiger partial charge in [-0.3, -0.25) is 0 Å². The molecule has 0 spiro atoms. The van der Waals surface area contributed by atoms with Gasteiger partial charge in [-0.25, -0.2) is 4.39 Å². The van der Waals surface area contributed by atoms with Crippen molar-refractivity contribution < 1.29 is 4.39 Å². The van der Waals surface area contributed by atoms with Crippen molar-refractivity contribution in [1.82, 2.24) is 0 Å². The van der Waals surface area contributed by atoms with Crippen molar-refractivity contribution in [3.63, 3.8) is 0 Å². The summed E-state index contributed by atoms with van der Waals surface area (Å²) in [5, 5.41) is 0. The molecule has 1 saturated carbocycles. The van der Waals surface area contributed by atoms with Crippen LogP contribution in [0.5, 0.6) is 0 Å². The Bertz CT molecular complexity index is 553. The Morgan fingerprint density at radius 3 is 1.90 bits per heavy atom. The number of nitrogens with zero attached hydrogens (tertiary/aromatic N) is 1. The van der Waals surface area contributed by atoms with Crippen molar-refractivity contribution in [1.29, 1.82) is 0 Å². The Morgan fingerprint density at radius 2 is 1.35 bits per heavy atom. The van der Waals surface area contributed by atoms with E-state index in [9.17, 15) is 4.39 Å². The third kappa shape index (κ3) is 2.69. The van der Waals surface area contributed by atoms with Crippen LogP contribution in [-0.4, -0.2) is 7.05 Å². The molecule has 0 N–H and O–H groups in total. The molecule has 104 valence electrons. The summed E-state index contributed by atoms with van der Waals surface area (Å²) < 4.78 is 13.0. The topological polar surface area (TPSA) is 3.24 Å². The van der Waals surface area contributed by atoms with Gasteiger partial charge in [-0.2, -0.15) is 0 Å². The van der Waals surface area contributed by atoms with Crippen molar-refractivity contribution in [2.45, 2.75) is 31.6 Å². The lowest BCUT2D eigenvalue weighted by Gasteiger charge is -2.20. The molecule has 2 heteroatoms. The summed E-state index contributed by atoms with van der Waals surface area (Å²) >= 11 is 0. The Hall–Kier alpha value is -1.83. The van der Waals surface area contributed by atoms with Gasteiger partial charge in [-0.1, -0.05) is 25.0 Å². The molecule has 0 saturated heterocycles. The molecule has 2 aromatic carbocycles. The lowest BCUT2D eigenvalue weighted by atomic mass is 9.97. The van der Waals surface area contributed by atoms with Crippen LogP contribution in [0.15, 0.2) is 48.5 Å². The Labute approximate surface area is 120 Å². The second kappa shape index (κ2) is 5.66. The van der Waals surface area contributed by atoms with Crippen LogP contribution in [0.2, 0.25) is 0 Å². The first-order valence-corrected chi connectivity index (χ1v) is 7.33. The van der Waals surface area contributed by atoms with Gasteiger partial charge in [0.25, 0.3) is 0 Å². The Morgan fingerprint density at radius 1 is 0.850 bits per heavy atom. The van der Waals surface area contributed by atoms with Crippen LogP contribution in [0.25, 0.3) is 0 Å². The zero-order chi connectivity index (χ0) is 13.9. The number of hydrogen-bond donors (Lipinski definition) is 0. The molecule has 0 bridgehead atoms. The highest BCUT2D eigenvalue weighted by atomic mass is 19.1. The fourth-order valence-corrected chi connectivity index (χ4v) is 3.04. The van der Waals surface area contributed by atoms with Gasteiger partial charge in [0, 0.05) is 18.4 Å². The van der Waals surface area contributed by atoms with E-state index >= 15 is 0 Å².